The molecule has 0 spiro atoms. The Morgan fingerprint density at radius 1 is 1.14 bits per heavy atom. The molecule has 4 aliphatic carbocycles. The number of nitro benzene ring substituents is 1. The lowest BCUT2D eigenvalue weighted by Crippen LogP contribution is -2.48. The molecule has 182 valence electrons. The summed E-state index contributed by atoms with van der Waals surface area (Å²) in [5.74, 6) is 1.83. The molecule has 2 heterocycles. The van der Waals surface area contributed by atoms with E-state index in [1.54, 1.807) is 35.0 Å². The molecule has 0 unspecified atom stereocenters. The smallest absolute Gasteiger partial charge is 0.269 e. The molecule has 0 saturated heterocycles. The molecule has 0 aliphatic heterocycles. The molecule has 4 bridgehead atoms. The van der Waals surface area contributed by atoms with E-state index in [2.05, 4.69) is 15.5 Å². The van der Waals surface area contributed by atoms with Crippen molar-refractivity contribution in [2.24, 2.45) is 17.8 Å². The number of nitro groups is 1. The average molecular weight is 501 g/mol. The first-order chi connectivity index (χ1) is 17.4. The second-order valence-corrected chi connectivity index (χ2v) is 11.3. The summed E-state index contributed by atoms with van der Waals surface area (Å²) in [7, 11) is 0. The van der Waals surface area contributed by atoms with Gasteiger partial charge in [0.1, 0.15) is 16.6 Å². The second kappa shape index (κ2) is 8.68. The van der Waals surface area contributed by atoms with Gasteiger partial charge in [-0.05, 0) is 86.6 Å². The van der Waals surface area contributed by atoms with E-state index >= 15 is 0 Å². The molecule has 10 heteroatoms. The van der Waals surface area contributed by atoms with Crippen LogP contribution in [0.1, 0.15) is 49.2 Å². The van der Waals surface area contributed by atoms with Crippen LogP contribution in [-0.2, 0) is 10.2 Å². The lowest BCUT2D eigenvalue weighted by molar-refractivity contribution is -0.384. The SMILES string of the molecule is N#CC(=Cc1cccn1-c1ccc([N+](=O)[O-])cc1)C(=O)Nc1nnc(C23CC4CC(CC(C4)C2)C3)s1. The summed E-state index contributed by atoms with van der Waals surface area (Å²) in [4.78, 5) is 23.4. The Balaban J connectivity index is 1.20. The summed E-state index contributed by atoms with van der Waals surface area (Å²) in [6, 6.07) is 11.6. The van der Waals surface area contributed by atoms with Crippen LogP contribution in [0, 0.1) is 39.2 Å². The van der Waals surface area contributed by atoms with E-state index in [0.29, 0.717) is 16.5 Å². The summed E-state index contributed by atoms with van der Waals surface area (Å²) in [5.41, 5.74) is 1.31. The highest BCUT2D eigenvalue weighted by Gasteiger charge is 2.53. The van der Waals surface area contributed by atoms with Gasteiger partial charge in [0.2, 0.25) is 5.13 Å². The van der Waals surface area contributed by atoms with Crippen molar-refractivity contribution < 1.29 is 9.72 Å². The van der Waals surface area contributed by atoms with Gasteiger partial charge < -0.3 is 4.57 Å². The molecule has 3 aromatic rings. The molecule has 1 aromatic carbocycles. The van der Waals surface area contributed by atoms with Crippen molar-refractivity contribution in [2.75, 3.05) is 5.32 Å². The number of aromatic nitrogens is 3. The Morgan fingerprint density at radius 2 is 1.81 bits per heavy atom. The number of carbonyl (C=O) groups is 1. The summed E-state index contributed by atoms with van der Waals surface area (Å²) < 4.78 is 1.75. The minimum atomic E-state index is -0.540. The number of hydrogen-bond acceptors (Lipinski definition) is 7. The van der Waals surface area contributed by atoms with E-state index in [0.717, 1.165) is 22.8 Å². The molecule has 36 heavy (non-hydrogen) atoms. The fraction of sp³-hybridized carbons (Fsp3) is 0.385. The first kappa shape index (κ1) is 22.6. The zero-order valence-corrected chi connectivity index (χ0v) is 20.3. The first-order valence-corrected chi connectivity index (χ1v) is 12.9. The molecule has 4 saturated carbocycles. The van der Waals surface area contributed by atoms with Gasteiger partial charge >= 0.3 is 0 Å². The molecular weight excluding hydrogens is 476 g/mol. The monoisotopic (exact) mass is 500 g/mol. The van der Waals surface area contributed by atoms with Gasteiger partial charge in [-0.1, -0.05) is 11.3 Å². The van der Waals surface area contributed by atoms with Crippen molar-refractivity contribution in [1.29, 1.82) is 5.26 Å². The fourth-order valence-corrected chi connectivity index (χ4v) is 7.76. The molecule has 2 aromatic heterocycles. The van der Waals surface area contributed by atoms with Crippen molar-refractivity contribution in [3.05, 3.63) is 69.0 Å². The molecule has 0 atom stereocenters. The van der Waals surface area contributed by atoms with E-state index in [-0.39, 0.29) is 16.7 Å². The normalized spacial score (nSPS) is 26.5. The summed E-state index contributed by atoms with van der Waals surface area (Å²) in [6.45, 7) is 0. The van der Waals surface area contributed by atoms with Crippen molar-refractivity contribution >= 4 is 34.1 Å². The van der Waals surface area contributed by atoms with Crippen LogP contribution >= 0.6 is 11.3 Å². The standard InChI is InChI=1S/C26H24N6O3S/c27-15-19(11-22-2-1-7-31(22)20-3-5-21(6-4-20)32(34)35)23(33)28-25-30-29-24(36-25)26-12-16-8-17(13-26)10-18(9-16)14-26/h1-7,11,16-18H,8-10,12-14H2,(H,28,30,33). The van der Waals surface area contributed by atoms with Crippen LogP contribution in [0.25, 0.3) is 11.8 Å². The molecule has 4 aliphatic rings. The topological polar surface area (TPSA) is 127 Å². The predicted molar refractivity (Wildman–Crippen MR) is 134 cm³/mol. The van der Waals surface area contributed by atoms with Crippen molar-refractivity contribution in [1.82, 2.24) is 14.8 Å². The van der Waals surface area contributed by atoms with Gasteiger partial charge in [0.05, 0.1) is 4.92 Å². The molecule has 7 rings (SSSR count). The van der Waals surface area contributed by atoms with Crippen molar-refractivity contribution in [3.63, 3.8) is 0 Å². The highest BCUT2D eigenvalue weighted by atomic mass is 32.1. The number of non-ortho nitro benzene ring substituents is 1. The number of amides is 1. The zero-order chi connectivity index (χ0) is 24.9. The number of anilines is 1. The Morgan fingerprint density at radius 3 is 2.42 bits per heavy atom. The summed E-state index contributed by atoms with van der Waals surface area (Å²) in [5, 5.41) is 33.6. The third kappa shape index (κ3) is 3.99. The summed E-state index contributed by atoms with van der Waals surface area (Å²) in [6.07, 6.45) is 10.8. The van der Waals surface area contributed by atoms with Gasteiger partial charge in [0, 0.05) is 35.1 Å². The van der Waals surface area contributed by atoms with E-state index in [9.17, 15) is 20.2 Å². The number of nitrogens with zero attached hydrogens (tertiary/aromatic N) is 5. The maximum absolute atomic E-state index is 12.9. The maximum atomic E-state index is 12.9. The third-order valence-corrected chi connectivity index (χ3v) is 9.00. The van der Waals surface area contributed by atoms with Gasteiger partial charge in [-0.25, -0.2) is 0 Å². The van der Waals surface area contributed by atoms with E-state index in [4.69, 9.17) is 0 Å². The largest absolute Gasteiger partial charge is 0.317 e. The number of rotatable bonds is 6. The Kier molecular flexibility index (Phi) is 5.45. The number of benzene rings is 1. The van der Waals surface area contributed by atoms with Gasteiger partial charge in [0.15, 0.2) is 0 Å². The quantitative estimate of drug-likeness (QED) is 0.213. The zero-order valence-electron chi connectivity index (χ0n) is 19.5. The van der Waals surface area contributed by atoms with Crippen LogP contribution < -0.4 is 5.32 Å². The highest BCUT2D eigenvalue weighted by molar-refractivity contribution is 7.15. The molecule has 1 N–H and O–H groups in total. The number of hydrogen-bond donors (Lipinski definition) is 1. The maximum Gasteiger partial charge on any atom is 0.269 e. The van der Waals surface area contributed by atoms with Gasteiger partial charge in [-0.15, -0.1) is 10.2 Å². The Hall–Kier alpha value is -3.84. The first-order valence-electron chi connectivity index (χ1n) is 12.1. The van der Waals surface area contributed by atoms with Crippen LogP contribution in [-0.4, -0.2) is 25.6 Å². The predicted octanol–water partition coefficient (Wildman–Crippen LogP) is 5.25. The molecule has 9 nitrogen and oxygen atoms in total. The third-order valence-electron chi connectivity index (χ3n) is 7.91. The molecule has 4 fully saturated rings. The average Bonchev–Trinajstić information content (AvgIpc) is 3.52. The van der Waals surface area contributed by atoms with Crippen LogP contribution in [0.4, 0.5) is 10.8 Å². The lowest BCUT2D eigenvalue weighted by Gasteiger charge is -2.55. The second-order valence-electron chi connectivity index (χ2n) is 10.3. The van der Waals surface area contributed by atoms with E-state index in [1.807, 2.05) is 6.07 Å². The van der Waals surface area contributed by atoms with Crippen molar-refractivity contribution in [3.8, 4) is 11.8 Å². The van der Waals surface area contributed by atoms with Gasteiger partial charge in [0.25, 0.3) is 11.6 Å². The number of nitriles is 1. The van der Waals surface area contributed by atoms with Crippen LogP contribution in [0.3, 0.4) is 0 Å². The number of carbonyl (C=O) groups excluding carboxylic acids is 1. The van der Waals surface area contributed by atoms with Crippen LogP contribution in [0.2, 0.25) is 0 Å². The molecule has 1 amide bonds. The number of nitrogens with one attached hydrogen (secondary N) is 1. The fourth-order valence-electron chi connectivity index (χ4n) is 6.80. The van der Waals surface area contributed by atoms with Gasteiger partial charge in [-0.2, -0.15) is 5.26 Å². The lowest BCUT2D eigenvalue weighted by atomic mass is 9.50. The Labute approximate surface area is 211 Å². The van der Waals surface area contributed by atoms with E-state index in [1.165, 1.54) is 68.1 Å². The summed E-state index contributed by atoms with van der Waals surface area (Å²) >= 11 is 1.44. The highest BCUT2D eigenvalue weighted by Crippen LogP contribution is 2.61. The molecular formula is C26H24N6O3S. The minimum absolute atomic E-state index is 0.00920. The van der Waals surface area contributed by atoms with Crippen LogP contribution in [0.15, 0.2) is 48.2 Å². The van der Waals surface area contributed by atoms with E-state index < -0.39 is 10.8 Å². The van der Waals surface area contributed by atoms with Crippen LogP contribution in [0.5, 0.6) is 0 Å². The molecule has 0 radical (unpaired) electrons. The van der Waals surface area contributed by atoms with Crippen molar-refractivity contribution in [2.45, 2.75) is 43.9 Å². The van der Waals surface area contributed by atoms with Gasteiger partial charge in [-0.3, -0.25) is 20.2 Å². The minimum Gasteiger partial charge on any atom is -0.317 e. The Bertz CT molecular complexity index is 1380.